The first-order chi connectivity index (χ1) is 15.1. The van der Waals surface area contributed by atoms with Crippen LogP contribution in [0.4, 0.5) is 10.1 Å². The van der Waals surface area contributed by atoms with Crippen molar-refractivity contribution in [2.24, 2.45) is 0 Å². The summed E-state index contributed by atoms with van der Waals surface area (Å²) in [5.41, 5.74) is 8.07. The smallest absolute Gasteiger partial charge is 0.341 e. The standard InChI is InChI=1S/C21H22N4O3S3/c1-2-28-19(27)15-13-10-6-7-11-14(13)29-18(15)23-17(26)16(12-8-4-3-5-9-12)30-21-25-24-20(22)31-21/h3-5,8-9,16H,2,6-7,10-11H2,1H3,(H2,22,24)(H,23,26). The molecule has 1 unspecified atom stereocenters. The Morgan fingerprint density at radius 3 is 2.68 bits per heavy atom. The van der Waals surface area contributed by atoms with Gasteiger partial charge in [-0.05, 0) is 43.7 Å². The molecule has 2 heterocycles. The van der Waals surface area contributed by atoms with Crippen molar-refractivity contribution in [2.45, 2.75) is 42.2 Å². The van der Waals surface area contributed by atoms with Gasteiger partial charge >= 0.3 is 5.97 Å². The number of benzene rings is 1. The average molecular weight is 475 g/mol. The summed E-state index contributed by atoms with van der Waals surface area (Å²) < 4.78 is 5.91. The predicted molar refractivity (Wildman–Crippen MR) is 125 cm³/mol. The van der Waals surface area contributed by atoms with Gasteiger partial charge in [-0.15, -0.1) is 21.5 Å². The molecule has 1 aromatic carbocycles. The van der Waals surface area contributed by atoms with Crippen LogP contribution in [0, 0.1) is 0 Å². The van der Waals surface area contributed by atoms with Crippen molar-refractivity contribution in [3.8, 4) is 0 Å². The maximum absolute atomic E-state index is 13.4. The van der Waals surface area contributed by atoms with E-state index in [0.29, 0.717) is 20.0 Å². The number of nitrogens with two attached hydrogens (primary N) is 1. The van der Waals surface area contributed by atoms with E-state index in [1.807, 2.05) is 30.3 Å². The van der Waals surface area contributed by atoms with Crippen molar-refractivity contribution in [1.29, 1.82) is 0 Å². The van der Waals surface area contributed by atoms with E-state index >= 15 is 0 Å². The van der Waals surface area contributed by atoms with Crippen LogP contribution >= 0.6 is 34.4 Å². The number of ether oxygens (including phenoxy) is 1. The van der Waals surface area contributed by atoms with Crippen LogP contribution in [0.3, 0.4) is 0 Å². The number of nitrogen functional groups attached to an aromatic ring is 1. The van der Waals surface area contributed by atoms with E-state index < -0.39 is 5.25 Å². The molecule has 3 aromatic rings. The number of fused-ring (bicyclic) bond motifs is 1. The summed E-state index contributed by atoms with van der Waals surface area (Å²) in [6.07, 6.45) is 3.87. The molecule has 10 heteroatoms. The number of hydrogen-bond acceptors (Lipinski definition) is 9. The number of aromatic nitrogens is 2. The number of thiophene rings is 1. The number of carbonyl (C=O) groups is 2. The molecule has 2 aromatic heterocycles. The average Bonchev–Trinajstić information content (AvgIpc) is 3.35. The first-order valence-electron chi connectivity index (χ1n) is 10.00. The van der Waals surface area contributed by atoms with E-state index in [0.717, 1.165) is 41.7 Å². The first-order valence-corrected chi connectivity index (χ1v) is 12.5. The van der Waals surface area contributed by atoms with Gasteiger partial charge in [-0.3, -0.25) is 4.79 Å². The highest BCUT2D eigenvalue weighted by Crippen LogP contribution is 2.42. The van der Waals surface area contributed by atoms with Crippen molar-refractivity contribution in [1.82, 2.24) is 10.2 Å². The van der Waals surface area contributed by atoms with Gasteiger partial charge in [0.2, 0.25) is 11.0 Å². The molecule has 1 aliphatic rings. The quantitative estimate of drug-likeness (QED) is 0.377. The zero-order chi connectivity index (χ0) is 21.8. The zero-order valence-corrected chi connectivity index (χ0v) is 19.4. The molecule has 1 aliphatic carbocycles. The Hall–Kier alpha value is -2.43. The Labute approximate surface area is 192 Å². The zero-order valence-electron chi connectivity index (χ0n) is 16.9. The molecule has 7 nitrogen and oxygen atoms in total. The molecule has 1 amide bonds. The van der Waals surface area contributed by atoms with Crippen LogP contribution in [0.15, 0.2) is 34.7 Å². The second-order valence-electron chi connectivity index (χ2n) is 6.94. The number of rotatable bonds is 7. The fourth-order valence-corrected chi connectivity index (χ4v) is 6.63. The highest BCUT2D eigenvalue weighted by atomic mass is 32.2. The fourth-order valence-electron chi connectivity index (χ4n) is 3.52. The molecule has 31 heavy (non-hydrogen) atoms. The van der Waals surface area contributed by atoms with Gasteiger partial charge in [0.15, 0.2) is 4.34 Å². The van der Waals surface area contributed by atoms with Gasteiger partial charge in [0.05, 0.1) is 12.2 Å². The molecule has 3 N–H and O–H groups in total. The van der Waals surface area contributed by atoms with E-state index in [4.69, 9.17) is 10.5 Å². The fraction of sp³-hybridized carbons (Fsp3) is 0.333. The number of esters is 1. The monoisotopic (exact) mass is 474 g/mol. The topological polar surface area (TPSA) is 107 Å². The summed E-state index contributed by atoms with van der Waals surface area (Å²) in [6, 6.07) is 9.47. The Balaban J connectivity index is 1.65. The highest BCUT2D eigenvalue weighted by molar-refractivity contribution is 8.02. The Kier molecular flexibility index (Phi) is 6.89. The van der Waals surface area contributed by atoms with Crippen LogP contribution in [-0.2, 0) is 22.4 Å². The summed E-state index contributed by atoms with van der Waals surface area (Å²) in [5, 5.41) is 11.3. The van der Waals surface area contributed by atoms with Gasteiger partial charge in [-0.25, -0.2) is 4.79 Å². The van der Waals surface area contributed by atoms with E-state index in [1.54, 1.807) is 6.92 Å². The lowest BCUT2D eigenvalue weighted by atomic mass is 9.95. The van der Waals surface area contributed by atoms with Crippen molar-refractivity contribution in [3.05, 3.63) is 51.9 Å². The summed E-state index contributed by atoms with van der Waals surface area (Å²) in [7, 11) is 0. The Morgan fingerprint density at radius 1 is 1.19 bits per heavy atom. The van der Waals surface area contributed by atoms with Gasteiger partial charge in [0.25, 0.3) is 0 Å². The minimum Gasteiger partial charge on any atom is -0.462 e. The second-order valence-corrected chi connectivity index (χ2v) is 10.4. The summed E-state index contributed by atoms with van der Waals surface area (Å²) in [6.45, 7) is 2.07. The van der Waals surface area contributed by atoms with Gasteiger partial charge in [-0.1, -0.05) is 53.4 Å². The molecule has 1 atom stereocenters. The van der Waals surface area contributed by atoms with Crippen LogP contribution in [0.1, 0.15) is 51.4 Å². The first kappa shape index (κ1) is 21.8. The third kappa shape index (κ3) is 4.91. The number of amides is 1. The Morgan fingerprint density at radius 2 is 1.97 bits per heavy atom. The molecular formula is C21H22N4O3S3. The lowest BCUT2D eigenvalue weighted by molar-refractivity contribution is -0.115. The third-order valence-corrected chi connectivity index (χ3v) is 8.17. The second kappa shape index (κ2) is 9.80. The summed E-state index contributed by atoms with van der Waals surface area (Å²) in [5.74, 6) is -0.605. The number of thioether (sulfide) groups is 1. The molecular weight excluding hydrogens is 452 g/mol. The number of nitrogens with zero attached hydrogens (tertiary/aromatic N) is 2. The molecule has 162 valence electrons. The van der Waals surface area contributed by atoms with E-state index in [-0.39, 0.29) is 18.5 Å². The minimum absolute atomic E-state index is 0.228. The van der Waals surface area contributed by atoms with E-state index in [9.17, 15) is 9.59 Å². The van der Waals surface area contributed by atoms with Crippen LogP contribution in [-0.4, -0.2) is 28.7 Å². The maximum Gasteiger partial charge on any atom is 0.341 e. The Bertz CT molecular complexity index is 1080. The number of anilines is 2. The molecule has 4 rings (SSSR count). The van der Waals surface area contributed by atoms with Gasteiger partial charge in [0.1, 0.15) is 10.3 Å². The van der Waals surface area contributed by atoms with Crippen LogP contribution in [0.25, 0.3) is 0 Å². The molecule has 0 fully saturated rings. The molecule has 0 aliphatic heterocycles. The maximum atomic E-state index is 13.4. The molecule has 0 bridgehead atoms. The van der Waals surface area contributed by atoms with Crippen LogP contribution in [0.2, 0.25) is 0 Å². The number of nitrogens with one attached hydrogen (secondary N) is 1. The van der Waals surface area contributed by atoms with Crippen molar-refractivity contribution < 1.29 is 14.3 Å². The van der Waals surface area contributed by atoms with Crippen LogP contribution < -0.4 is 11.1 Å². The van der Waals surface area contributed by atoms with Crippen molar-refractivity contribution in [2.75, 3.05) is 17.7 Å². The van der Waals surface area contributed by atoms with Crippen molar-refractivity contribution in [3.63, 3.8) is 0 Å². The number of aryl methyl sites for hydroxylation is 1. The minimum atomic E-state index is -0.567. The lowest BCUT2D eigenvalue weighted by Gasteiger charge is -2.16. The SMILES string of the molecule is CCOC(=O)c1c(NC(=O)C(Sc2nnc(N)s2)c2ccccc2)sc2c1CCCC2. The van der Waals surface area contributed by atoms with E-state index in [1.165, 1.54) is 34.4 Å². The number of carbonyl (C=O) groups excluding carboxylic acids is 2. The summed E-state index contributed by atoms with van der Waals surface area (Å²) in [4.78, 5) is 27.3. The molecule has 0 saturated heterocycles. The third-order valence-electron chi connectivity index (χ3n) is 4.87. The molecule has 0 saturated carbocycles. The molecule has 0 spiro atoms. The normalized spacial score (nSPS) is 14.0. The van der Waals surface area contributed by atoms with Crippen molar-refractivity contribution >= 4 is 56.4 Å². The highest BCUT2D eigenvalue weighted by Gasteiger charge is 2.30. The molecule has 0 radical (unpaired) electrons. The van der Waals surface area contributed by atoms with Gasteiger partial charge in [0, 0.05) is 4.88 Å². The van der Waals surface area contributed by atoms with Gasteiger partial charge < -0.3 is 15.8 Å². The van der Waals surface area contributed by atoms with Crippen LogP contribution in [0.5, 0.6) is 0 Å². The lowest BCUT2D eigenvalue weighted by Crippen LogP contribution is -2.20. The van der Waals surface area contributed by atoms with Gasteiger partial charge in [-0.2, -0.15) is 0 Å². The van der Waals surface area contributed by atoms with E-state index in [2.05, 4.69) is 15.5 Å². The largest absolute Gasteiger partial charge is 0.462 e. The summed E-state index contributed by atoms with van der Waals surface area (Å²) >= 11 is 4.01. The number of hydrogen-bond donors (Lipinski definition) is 2. The predicted octanol–water partition coefficient (Wildman–Crippen LogP) is 4.71.